The Balaban J connectivity index is 0. The first-order chi connectivity index (χ1) is 15.2. The Labute approximate surface area is 201 Å². The molecule has 0 aromatic carbocycles. The largest absolute Gasteiger partial charge is 0.479 e. The maximum absolute atomic E-state index is 11.9. The van der Waals surface area contributed by atoms with E-state index in [2.05, 4.69) is 17.0 Å². The number of ether oxygens (including phenoxy) is 2. The van der Waals surface area contributed by atoms with E-state index < -0.39 is 30.1 Å². The molecule has 0 bridgehead atoms. The zero-order valence-electron chi connectivity index (χ0n) is 20.1. The molecular weight excluding hydrogens is 454 g/mol. The molecule has 0 spiro atoms. The predicted molar refractivity (Wildman–Crippen MR) is 131 cm³/mol. The summed E-state index contributed by atoms with van der Waals surface area (Å²) in [6.45, 7) is 5.41. The summed E-state index contributed by atoms with van der Waals surface area (Å²) in [6.07, 6.45) is 10.3. The van der Waals surface area contributed by atoms with Crippen LogP contribution in [0.4, 0.5) is 0 Å². The van der Waals surface area contributed by atoms with Crippen molar-refractivity contribution in [1.29, 1.82) is 0 Å². The monoisotopic (exact) mass is 495 g/mol. The standard InChI is InChI=1S/C15H29NO3S.C7H12O4S/c1-4-5-6-7-8-9-11-16-15(18)14(10-12-20-3)19-13(2)17;1-5(8)11-6(7(9)10)3-4-12-2/h14H,4-12H2,1-3H3,(H,16,18);6H,3-4H2,1-2H3,(H,9,10). The molecule has 0 aliphatic rings. The van der Waals surface area contributed by atoms with Gasteiger partial charge in [-0.2, -0.15) is 23.5 Å². The van der Waals surface area contributed by atoms with Crippen LogP contribution in [0, 0.1) is 0 Å². The summed E-state index contributed by atoms with van der Waals surface area (Å²) in [5.41, 5.74) is 0. The predicted octanol–water partition coefficient (Wildman–Crippen LogP) is 3.90. The number of aliphatic carboxylic acids is 1. The molecule has 0 saturated heterocycles. The minimum Gasteiger partial charge on any atom is -0.479 e. The number of unbranched alkanes of at least 4 members (excludes halogenated alkanes) is 5. The summed E-state index contributed by atoms with van der Waals surface area (Å²) in [5.74, 6) is -0.719. The number of thioether (sulfide) groups is 2. The van der Waals surface area contributed by atoms with E-state index in [9.17, 15) is 19.2 Å². The van der Waals surface area contributed by atoms with Crippen molar-refractivity contribution in [2.75, 3.05) is 30.6 Å². The fourth-order valence-electron chi connectivity index (χ4n) is 2.56. The number of hydrogen-bond donors (Lipinski definition) is 2. The van der Waals surface area contributed by atoms with Crippen LogP contribution in [0.15, 0.2) is 0 Å². The number of amides is 1. The van der Waals surface area contributed by atoms with Crippen LogP contribution < -0.4 is 5.32 Å². The second kappa shape index (κ2) is 22.8. The molecule has 32 heavy (non-hydrogen) atoms. The van der Waals surface area contributed by atoms with Crippen molar-refractivity contribution in [2.45, 2.75) is 84.3 Å². The molecule has 8 nitrogen and oxygen atoms in total. The highest BCUT2D eigenvalue weighted by Crippen LogP contribution is 2.07. The molecule has 0 aliphatic carbocycles. The van der Waals surface area contributed by atoms with Crippen LogP contribution in [0.1, 0.15) is 72.1 Å². The van der Waals surface area contributed by atoms with Crippen molar-refractivity contribution in [3.8, 4) is 0 Å². The number of carbonyl (C=O) groups is 4. The molecule has 2 atom stereocenters. The summed E-state index contributed by atoms with van der Waals surface area (Å²) in [5, 5.41) is 11.4. The summed E-state index contributed by atoms with van der Waals surface area (Å²) in [6, 6.07) is 0. The highest BCUT2D eigenvalue weighted by Gasteiger charge is 2.20. The van der Waals surface area contributed by atoms with Gasteiger partial charge >= 0.3 is 17.9 Å². The second-order valence-electron chi connectivity index (χ2n) is 7.16. The zero-order chi connectivity index (χ0) is 24.8. The van der Waals surface area contributed by atoms with Crippen LogP contribution >= 0.6 is 23.5 Å². The highest BCUT2D eigenvalue weighted by molar-refractivity contribution is 7.98. The molecule has 0 fully saturated rings. The zero-order valence-corrected chi connectivity index (χ0v) is 21.8. The molecule has 2 N–H and O–H groups in total. The van der Waals surface area contributed by atoms with Crippen molar-refractivity contribution in [3.05, 3.63) is 0 Å². The first-order valence-corrected chi connectivity index (χ1v) is 13.8. The minimum atomic E-state index is -1.08. The molecule has 188 valence electrons. The molecule has 0 aromatic rings. The molecule has 0 aliphatic heterocycles. The van der Waals surface area contributed by atoms with Crippen molar-refractivity contribution >= 4 is 47.3 Å². The smallest absolute Gasteiger partial charge is 0.345 e. The second-order valence-corrected chi connectivity index (χ2v) is 9.13. The van der Waals surface area contributed by atoms with Crippen LogP contribution in [0.5, 0.6) is 0 Å². The lowest BCUT2D eigenvalue weighted by Crippen LogP contribution is -2.38. The van der Waals surface area contributed by atoms with Gasteiger partial charge in [0, 0.05) is 33.2 Å². The maximum atomic E-state index is 11.9. The fraction of sp³-hybridized carbons (Fsp3) is 0.818. The van der Waals surface area contributed by atoms with Gasteiger partial charge in [-0.15, -0.1) is 0 Å². The van der Waals surface area contributed by atoms with Gasteiger partial charge in [0.1, 0.15) is 0 Å². The first-order valence-electron chi connectivity index (χ1n) is 11.0. The minimum absolute atomic E-state index is 0.164. The third kappa shape index (κ3) is 21.8. The third-order valence-corrected chi connectivity index (χ3v) is 5.47. The van der Waals surface area contributed by atoms with Crippen molar-refractivity contribution < 1.29 is 33.8 Å². The van der Waals surface area contributed by atoms with Gasteiger partial charge in [0.2, 0.25) is 0 Å². The molecule has 0 heterocycles. The highest BCUT2D eigenvalue weighted by atomic mass is 32.2. The summed E-state index contributed by atoms with van der Waals surface area (Å²) in [7, 11) is 0. The lowest BCUT2D eigenvalue weighted by atomic mass is 10.1. The third-order valence-electron chi connectivity index (χ3n) is 4.18. The Kier molecular flexibility index (Phi) is 23.3. The van der Waals surface area contributed by atoms with Crippen molar-refractivity contribution in [1.82, 2.24) is 5.32 Å². The number of rotatable bonds is 17. The Morgan fingerprint density at radius 3 is 1.75 bits per heavy atom. The van der Waals surface area contributed by atoms with E-state index in [0.717, 1.165) is 18.6 Å². The average molecular weight is 496 g/mol. The quantitative estimate of drug-likeness (QED) is 0.229. The number of hydrogen-bond acceptors (Lipinski definition) is 8. The van der Waals surface area contributed by atoms with Crippen LogP contribution in [-0.4, -0.2) is 71.7 Å². The van der Waals surface area contributed by atoms with E-state index in [0.29, 0.717) is 25.1 Å². The van der Waals surface area contributed by atoms with E-state index in [1.807, 2.05) is 12.5 Å². The Hall–Kier alpha value is -1.42. The summed E-state index contributed by atoms with van der Waals surface area (Å²) < 4.78 is 9.62. The number of carboxylic acid groups (broad SMARTS) is 1. The topological polar surface area (TPSA) is 119 Å². The lowest BCUT2D eigenvalue weighted by Gasteiger charge is -2.16. The van der Waals surface area contributed by atoms with E-state index in [1.54, 1.807) is 11.8 Å². The van der Waals surface area contributed by atoms with Crippen molar-refractivity contribution in [2.24, 2.45) is 0 Å². The van der Waals surface area contributed by atoms with Crippen LogP contribution in [-0.2, 0) is 28.7 Å². The van der Waals surface area contributed by atoms with Gasteiger partial charge in [0.15, 0.2) is 12.2 Å². The number of nitrogens with one attached hydrogen (secondary N) is 1. The average Bonchev–Trinajstić information content (AvgIpc) is 2.73. The molecule has 1 amide bonds. The molecular formula is C22H41NO7S2. The number of esters is 2. The van der Waals surface area contributed by atoms with Gasteiger partial charge in [0.05, 0.1) is 0 Å². The molecule has 0 radical (unpaired) electrons. The Morgan fingerprint density at radius 1 is 0.812 bits per heavy atom. The van der Waals surface area contributed by atoms with Crippen LogP contribution in [0.3, 0.4) is 0 Å². The number of carbonyl (C=O) groups excluding carboxylic acids is 3. The summed E-state index contributed by atoms with van der Waals surface area (Å²) in [4.78, 5) is 43.8. The van der Waals surface area contributed by atoms with Gasteiger partial charge in [0.25, 0.3) is 5.91 Å². The van der Waals surface area contributed by atoms with E-state index >= 15 is 0 Å². The van der Waals surface area contributed by atoms with Gasteiger partial charge in [-0.25, -0.2) is 4.79 Å². The first kappa shape index (κ1) is 32.8. The van der Waals surface area contributed by atoms with Crippen LogP contribution in [0.2, 0.25) is 0 Å². The van der Waals surface area contributed by atoms with Gasteiger partial charge < -0.3 is 19.9 Å². The SMILES string of the molecule is CCCCCCCCNC(=O)C(CCSC)OC(C)=O.CSCCC(OC(C)=O)C(=O)O. The summed E-state index contributed by atoms with van der Waals surface area (Å²) >= 11 is 3.16. The van der Waals surface area contributed by atoms with Crippen LogP contribution in [0.25, 0.3) is 0 Å². The molecule has 0 aromatic heterocycles. The van der Waals surface area contributed by atoms with E-state index in [-0.39, 0.29) is 5.91 Å². The molecule has 2 unspecified atom stereocenters. The van der Waals surface area contributed by atoms with Crippen molar-refractivity contribution in [3.63, 3.8) is 0 Å². The Morgan fingerprint density at radius 2 is 1.28 bits per heavy atom. The number of carboxylic acids is 1. The van der Waals surface area contributed by atoms with E-state index in [1.165, 1.54) is 51.3 Å². The fourth-order valence-corrected chi connectivity index (χ4v) is 3.46. The Bertz CT molecular complexity index is 532. The van der Waals surface area contributed by atoms with Gasteiger partial charge in [-0.05, 0) is 30.4 Å². The lowest BCUT2D eigenvalue weighted by molar-refractivity contribution is -0.162. The molecule has 10 heteroatoms. The normalized spacial score (nSPS) is 12.0. The maximum Gasteiger partial charge on any atom is 0.345 e. The molecule has 0 rings (SSSR count). The van der Waals surface area contributed by atoms with Gasteiger partial charge in [-0.3, -0.25) is 14.4 Å². The van der Waals surface area contributed by atoms with Gasteiger partial charge in [-0.1, -0.05) is 39.0 Å². The molecule has 0 saturated carbocycles. The van der Waals surface area contributed by atoms with E-state index in [4.69, 9.17) is 9.84 Å².